The topological polar surface area (TPSA) is 37.2 Å². The monoisotopic (exact) mass is 381 g/mol. The Hall–Kier alpha value is -2.09. The molecule has 148 valence electrons. The SMILES string of the molecule is CN(C)CCCn1ccnc1[C@@H]1CCCN(c2ncccc2C(F)(F)F)C1. The second kappa shape index (κ2) is 8.29. The van der Waals surface area contributed by atoms with Crippen molar-refractivity contribution in [1.29, 1.82) is 0 Å². The van der Waals surface area contributed by atoms with Gasteiger partial charge in [0, 0.05) is 44.1 Å². The third-order valence-corrected chi connectivity index (χ3v) is 4.93. The summed E-state index contributed by atoms with van der Waals surface area (Å²) in [4.78, 5) is 12.5. The minimum atomic E-state index is -4.40. The van der Waals surface area contributed by atoms with Gasteiger partial charge in [-0.05, 0) is 52.0 Å². The van der Waals surface area contributed by atoms with Gasteiger partial charge in [0.2, 0.25) is 0 Å². The fourth-order valence-electron chi connectivity index (χ4n) is 3.68. The van der Waals surface area contributed by atoms with Crippen LogP contribution in [-0.4, -0.2) is 53.2 Å². The van der Waals surface area contributed by atoms with Crippen LogP contribution in [0, 0.1) is 0 Å². The number of hydrogen-bond acceptors (Lipinski definition) is 4. The van der Waals surface area contributed by atoms with Gasteiger partial charge in [-0.1, -0.05) is 0 Å². The number of hydrogen-bond donors (Lipinski definition) is 0. The van der Waals surface area contributed by atoms with Crippen molar-refractivity contribution in [3.63, 3.8) is 0 Å². The number of nitrogens with zero attached hydrogens (tertiary/aromatic N) is 5. The van der Waals surface area contributed by atoms with Crippen molar-refractivity contribution in [2.75, 3.05) is 38.6 Å². The first-order valence-corrected chi connectivity index (χ1v) is 9.29. The summed E-state index contributed by atoms with van der Waals surface area (Å²) in [6.45, 7) is 2.93. The van der Waals surface area contributed by atoms with E-state index in [2.05, 4.69) is 19.4 Å². The van der Waals surface area contributed by atoms with Crippen molar-refractivity contribution in [3.8, 4) is 0 Å². The van der Waals surface area contributed by atoms with Crippen molar-refractivity contribution in [3.05, 3.63) is 42.1 Å². The van der Waals surface area contributed by atoms with Gasteiger partial charge in [0.25, 0.3) is 0 Å². The van der Waals surface area contributed by atoms with Crippen LogP contribution in [0.25, 0.3) is 0 Å². The van der Waals surface area contributed by atoms with Gasteiger partial charge in [-0.2, -0.15) is 13.2 Å². The first kappa shape index (κ1) is 19.7. The number of pyridine rings is 1. The van der Waals surface area contributed by atoms with E-state index in [4.69, 9.17) is 0 Å². The van der Waals surface area contributed by atoms with Crippen LogP contribution in [-0.2, 0) is 12.7 Å². The van der Waals surface area contributed by atoms with Gasteiger partial charge in [0.1, 0.15) is 11.6 Å². The lowest BCUT2D eigenvalue weighted by Crippen LogP contribution is -2.37. The molecule has 2 aromatic heterocycles. The highest BCUT2D eigenvalue weighted by Gasteiger charge is 2.37. The number of aromatic nitrogens is 3. The van der Waals surface area contributed by atoms with E-state index in [9.17, 15) is 13.2 Å². The quantitative estimate of drug-likeness (QED) is 0.766. The Labute approximate surface area is 157 Å². The lowest BCUT2D eigenvalue weighted by atomic mass is 9.96. The number of anilines is 1. The van der Waals surface area contributed by atoms with Crippen molar-refractivity contribution >= 4 is 5.82 Å². The van der Waals surface area contributed by atoms with Crippen molar-refractivity contribution in [2.45, 2.75) is 37.9 Å². The van der Waals surface area contributed by atoms with Gasteiger partial charge in [-0.15, -0.1) is 0 Å². The Kier molecular flexibility index (Phi) is 6.04. The number of imidazole rings is 1. The summed E-state index contributed by atoms with van der Waals surface area (Å²) >= 11 is 0. The van der Waals surface area contributed by atoms with Crippen molar-refractivity contribution in [1.82, 2.24) is 19.4 Å². The van der Waals surface area contributed by atoms with Gasteiger partial charge in [0.15, 0.2) is 0 Å². The molecule has 5 nitrogen and oxygen atoms in total. The van der Waals surface area contributed by atoms with Gasteiger partial charge in [0.05, 0.1) is 5.56 Å². The molecule has 0 spiro atoms. The molecule has 27 heavy (non-hydrogen) atoms. The molecule has 0 aliphatic carbocycles. The lowest BCUT2D eigenvalue weighted by molar-refractivity contribution is -0.137. The molecule has 0 amide bonds. The lowest BCUT2D eigenvalue weighted by Gasteiger charge is -2.34. The van der Waals surface area contributed by atoms with Crippen molar-refractivity contribution < 1.29 is 13.2 Å². The van der Waals surface area contributed by atoms with Crippen LogP contribution in [0.1, 0.15) is 36.6 Å². The number of halogens is 3. The molecule has 0 unspecified atom stereocenters. The molecule has 0 radical (unpaired) electrons. The third kappa shape index (κ3) is 4.80. The molecular formula is C19H26F3N5. The second-order valence-electron chi connectivity index (χ2n) is 7.29. The minimum absolute atomic E-state index is 0.0282. The van der Waals surface area contributed by atoms with Gasteiger partial charge >= 0.3 is 6.18 Å². The van der Waals surface area contributed by atoms with Crippen molar-refractivity contribution in [2.24, 2.45) is 0 Å². The molecule has 1 saturated heterocycles. The molecule has 8 heteroatoms. The molecule has 0 N–H and O–H groups in total. The first-order chi connectivity index (χ1) is 12.9. The van der Waals surface area contributed by atoms with E-state index >= 15 is 0 Å². The van der Waals surface area contributed by atoms with Crippen LogP contribution in [0.2, 0.25) is 0 Å². The van der Waals surface area contributed by atoms with E-state index in [0.717, 1.165) is 44.2 Å². The van der Waals surface area contributed by atoms with Crippen LogP contribution in [0.4, 0.5) is 19.0 Å². The van der Waals surface area contributed by atoms with Crippen LogP contribution in [0.15, 0.2) is 30.7 Å². The van der Waals surface area contributed by atoms with E-state index in [-0.39, 0.29) is 11.7 Å². The number of rotatable bonds is 6. The maximum Gasteiger partial charge on any atom is 0.419 e. The molecule has 1 fully saturated rings. The van der Waals surface area contributed by atoms with E-state index < -0.39 is 11.7 Å². The molecule has 2 aromatic rings. The Morgan fingerprint density at radius 2 is 2.04 bits per heavy atom. The van der Waals surface area contributed by atoms with E-state index in [1.165, 1.54) is 12.3 Å². The summed E-state index contributed by atoms with van der Waals surface area (Å²) in [5, 5.41) is 0. The van der Waals surface area contributed by atoms with E-state index in [1.54, 1.807) is 11.1 Å². The molecule has 1 aliphatic heterocycles. The second-order valence-corrected chi connectivity index (χ2v) is 7.29. The predicted molar refractivity (Wildman–Crippen MR) is 98.8 cm³/mol. The average Bonchev–Trinajstić information content (AvgIpc) is 3.09. The highest BCUT2D eigenvalue weighted by Crippen LogP contribution is 2.37. The number of alkyl halides is 3. The number of aryl methyl sites for hydroxylation is 1. The van der Waals surface area contributed by atoms with E-state index in [0.29, 0.717) is 13.1 Å². The maximum atomic E-state index is 13.4. The highest BCUT2D eigenvalue weighted by molar-refractivity contribution is 5.49. The number of piperidine rings is 1. The molecule has 1 atom stereocenters. The zero-order valence-corrected chi connectivity index (χ0v) is 15.8. The summed E-state index contributed by atoms with van der Waals surface area (Å²) in [6.07, 6.45) is 3.53. The summed E-state index contributed by atoms with van der Waals surface area (Å²) in [5.74, 6) is 1.10. The molecule has 0 aromatic carbocycles. The zero-order chi connectivity index (χ0) is 19.4. The Morgan fingerprint density at radius 1 is 1.22 bits per heavy atom. The van der Waals surface area contributed by atoms with Crippen LogP contribution < -0.4 is 4.90 Å². The normalized spacial score (nSPS) is 18.3. The Balaban J connectivity index is 1.76. The summed E-state index contributed by atoms with van der Waals surface area (Å²) < 4.78 is 42.2. The first-order valence-electron chi connectivity index (χ1n) is 9.29. The summed E-state index contributed by atoms with van der Waals surface area (Å²) in [7, 11) is 4.08. The molecule has 0 bridgehead atoms. The Bertz CT molecular complexity index is 741. The summed E-state index contributed by atoms with van der Waals surface area (Å²) in [6, 6.07) is 2.44. The van der Waals surface area contributed by atoms with Crippen LogP contribution in [0.5, 0.6) is 0 Å². The molecule has 3 rings (SSSR count). The van der Waals surface area contributed by atoms with Crippen LogP contribution >= 0.6 is 0 Å². The smallest absolute Gasteiger partial charge is 0.355 e. The minimum Gasteiger partial charge on any atom is -0.355 e. The van der Waals surface area contributed by atoms with Gasteiger partial charge in [-0.3, -0.25) is 0 Å². The van der Waals surface area contributed by atoms with Gasteiger partial charge < -0.3 is 14.4 Å². The van der Waals surface area contributed by atoms with E-state index in [1.807, 2.05) is 20.3 Å². The average molecular weight is 381 g/mol. The third-order valence-electron chi connectivity index (χ3n) is 4.93. The zero-order valence-electron chi connectivity index (χ0n) is 15.8. The summed E-state index contributed by atoms with van der Waals surface area (Å²) in [5.41, 5.74) is -0.667. The molecule has 3 heterocycles. The maximum absolute atomic E-state index is 13.4. The largest absolute Gasteiger partial charge is 0.419 e. The molecule has 1 aliphatic rings. The molecule has 0 saturated carbocycles. The Morgan fingerprint density at radius 3 is 2.78 bits per heavy atom. The highest BCUT2D eigenvalue weighted by atomic mass is 19.4. The predicted octanol–water partition coefficient (Wildman–Crippen LogP) is 3.63. The van der Waals surface area contributed by atoms with Gasteiger partial charge in [-0.25, -0.2) is 9.97 Å². The fourth-order valence-corrected chi connectivity index (χ4v) is 3.68. The van der Waals surface area contributed by atoms with Crippen LogP contribution in [0.3, 0.4) is 0 Å². The molecular weight excluding hydrogens is 355 g/mol. The standard InChI is InChI=1S/C19H26F3N5/c1-25(2)10-5-12-26-13-9-24-17(26)15-6-4-11-27(14-15)18-16(19(20,21)22)7-3-8-23-18/h3,7-9,13,15H,4-6,10-12,14H2,1-2H3/t15-/m1/s1. The fraction of sp³-hybridized carbons (Fsp3) is 0.579.